The van der Waals surface area contributed by atoms with E-state index in [9.17, 15) is 0 Å². The summed E-state index contributed by atoms with van der Waals surface area (Å²) in [5, 5.41) is 1.15. The molecule has 0 fully saturated rings. The molecule has 0 unspecified atom stereocenters. The number of benzene rings is 2. The van der Waals surface area contributed by atoms with Gasteiger partial charge in [0.05, 0.1) is 0 Å². The second-order valence-electron chi connectivity index (χ2n) is 4.50. The highest BCUT2D eigenvalue weighted by Gasteiger charge is 2.03. The molecule has 2 aromatic carbocycles. The van der Waals surface area contributed by atoms with Crippen LogP contribution in [0.5, 0.6) is 0 Å². The molecule has 86 valence electrons. The average molecular weight is 231 g/mol. The van der Waals surface area contributed by atoms with Crippen molar-refractivity contribution in [3.05, 3.63) is 59.7 Å². The number of H-pyrrole nitrogens is 1. The summed E-state index contributed by atoms with van der Waals surface area (Å²) in [7, 11) is 0. The Labute approximate surface area is 106 Å². The first-order valence-electron chi connectivity index (χ1n) is 5.93. The summed E-state index contributed by atoms with van der Waals surface area (Å²) in [6.45, 7) is 2.10. The molecule has 0 aliphatic heterocycles. The second kappa shape index (κ2) is 4.09. The normalized spacial score (nSPS) is 10.4. The Balaban J connectivity index is 2.17. The van der Waals surface area contributed by atoms with Gasteiger partial charge >= 0.3 is 0 Å². The van der Waals surface area contributed by atoms with Crippen molar-refractivity contribution in [1.82, 2.24) is 4.98 Å². The van der Waals surface area contributed by atoms with Crippen LogP contribution in [-0.2, 0) is 0 Å². The molecule has 1 N–H and O–H groups in total. The van der Waals surface area contributed by atoms with Crippen molar-refractivity contribution in [2.45, 2.75) is 6.92 Å². The summed E-state index contributed by atoms with van der Waals surface area (Å²) in [5.41, 5.74) is 5.62. The number of aryl methyl sites for hydroxylation is 1. The van der Waals surface area contributed by atoms with Crippen LogP contribution >= 0.6 is 0 Å². The van der Waals surface area contributed by atoms with Crippen molar-refractivity contribution in [2.24, 2.45) is 0 Å². The lowest BCUT2D eigenvalue weighted by Gasteiger charge is -1.98. The van der Waals surface area contributed by atoms with Crippen molar-refractivity contribution >= 4 is 10.9 Å². The third-order valence-electron chi connectivity index (χ3n) is 3.12. The number of aromatic nitrogens is 1. The maximum absolute atomic E-state index is 5.42. The quantitative estimate of drug-likeness (QED) is 0.606. The standard InChI is InChI=1S/C17H13N/c1-3-13-7-8-16-15(10-13)11-17(18-16)14-6-4-5-12(2)9-14/h1,4-11,18H,2H3. The van der Waals surface area contributed by atoms with Gasteiger partial charge < -0.3 is 4.98 Å². The van der Waals surface area contributed by atoms with Crippen LogP contribution in [0.1, 0.15) is 11.1 Å². The Morgan fingerprint density at radius 2 is 1.94 bits per heavy atom. The summed E-state index contributed by atoms with van der Waals surface area (Å²) in [6, 6.07) is 16.6. The van der Waals surface area contributed by atoms with E-state index in [2.05, 4.69) is 48.2 Å². The number of hydrogen-bond donors (Lipinski definition) is 1. The van der Waals surface area contributed by atoms with Crippen molar-refractivity contribution in [3.8, 4) is 23.6 Å². The molecule has 1 nitrogen and oxygen atoms in total. The van der Waals surface area contributed by atoms with Gasteiger partial charge in [-0.1, -0.05) is 29.7 Å². The van der Waals surface area contributed by atoms with E-state index in [1.165, 1.54) is 11.1 Å². The van der Waals surface area contributed by atoms with E-state index in [1.54, 1.807) is 0 Å². The van der Waals surface area contributed by atoms with E-state index in [4.69, 9.17) is 6.42 Å². The van der Waals surface area contributed by atoms with Crippen LogP contribution in [0.3, 0.4) is 0 Å². The van der Waals surface area contributed by atoms with Gasteiger partial charge in [-0.2, -0.15) is 0 Å². The first-order chi connectivity index (χ1) is 8.76. The van der Waals surface area contributed by atoms with Gasteiger partial charge in [-0.3, -0.25) is 0 Å². The largest absolute Gasteiger partial charge is 0.355 e. The van der Waals surface area contributed by atoms with Gasteiger partial charge in [-0.25, -0.2) is 0 Å². The summed E-state index contributed by atoms with van der Waals surface area (Å²) < 4.78 is 0. The van der Waals surface area contributed by atoms with E-state index < -0.39 is 0 Å². The molecule has 0 radical (unpaired) electrons. The Morgan fingerprint density at radius 1 is 1.06 bits per heavy atom. The second-order valence-corrected chi connectivity index (χ2v) is 4.50. The molecule has 0 aliphatic rings. The van der Waals surface area contributed by atoms with Crippen LogP contribution in [-0.4, -0.2) is 4.98 Å². The fourth-order valence-electron chi connectivity index (χ4n) is 2.19. The maximum atomic E-state index is 5.42. The Morgan fingerprint density at radius 3 is 2.72 bits per heavy atom. The van der Waals surface area contributed by atoms with Gasteiger partial charge in [-0.15, -0.1) is 6.42 Å². The van der Waals surface area contributed by atoms with Gasteiger partial charge in [0.25, 0.3) is 0 Å². The first kappa shape index (κ1) is 10.7. The minimum Gasteiger partial charge on any atom is -0.355 e. The zero-order valence-corrected chi connectivity index (χ0v) is 10.2. The van der Waals surface area contributed by atoms with Crippen LogP contribution < -0.4 is 0 Å². The minimum absolute atomic E-state index is 0.914. The van der Waals surface area contributed by atoms with Crippen LogP contribution in [0.4, 0.5) is 0 Å². The number of fused-ring (bicyclic) bond motifs is 1. The summed E-state index contributed by atoms with van der Waals surface area (Å²) in [4.78, 5) is 3.42. The van der Waals surface area contributed by atoms with Crippen LogP contribution in [0.25, 0.3) is 22.2 Å². The predicted octanol–water partition coefficient (Wildman–Crippen LogP) is 4.12. The monoisotopic (exact) mass is 231 g/mol. The highest BCUT2D eigenvalue weighted by molar-refractivity contribution is 5.87. The zero-order valence-electron chi connectivity index (χ0n) is 10.2. The fourth-order valence-corrected chi connectivity index (χ4v) is 2.19. The van der Waals surface area contributed by atoms with Crippen molar-refractivity contribution < 1.29 is 0 Å². The molecular weight excluding hydrogens is 218 g/mol. The molecule has 1 heterocycles. The lowest BCUT2D eigenvalue weighted by molar-refractivity contribution is 1.41. The molecule has 0 aliphatic carbocycles. The smallest absolute Gasteiger partial charge is 0.0464 e. The lowest BCUT2D eigenvalue weighted by atomic mass is 10.1. The van der Waals surface area contributed by atoms with Gasteiger partial charge in [0.15, 0.2) is 0 Å². The lowest BCUT2D eigenvalue weighted by Crippen LogP contribution is -1.78. The number of aromatic amines is 1. The van der Waals surface area contributed by atoms with Gasteiger partial charge in [0.1, 0.15) is 0 Å². The molecule has 0 spiro atoms. The van der Waals surface area contributed by atoms with E-state index in [0.717, 1.165) is 22.2 Å². The van der Waals surface area contributed by atoms with E-state index in [0.29, 0.717) is 0 Å². The highest BCUT2D eigenvalue weighted by Crippen LogP contribution is 2.25. The number of rotatable bonds is 1. The average Bonchev–Trinajstić information content (AvgIpc) is 2.81. The summed E-state index contributed by atoms with van der Waals surface area (Å²) in [6.07, 6.45) is 5.42. The van der Waals surface area contributed by atoms with E-state index in [-0.39, 0.29) is 0 Å². The zero-order chi connectivity index (χ0) is 12.5. The molecule has 0 atom stereocenters. The summed E-state index contributed by atoms with van der Waals surface area (Å²) in [5.74, 6) is 2.66. The number of hydrogen-bond acceptors (Lipinski definition) is 0. The molecule has 0 saturated carbocycles. The maximum Gasteiger partial charge on any atom is 0.0464 e. The molecule has 0 amide bonds. The van der Waals surface area contributed by atoms with Crippen LogP contribution in [0, 0.1) is 19.3 Å². The number of terminal acetylenes is 1. The molecule has 3 rings (SSSR count). The Kier molecular flexibility index (Phi) is 2.42. The first-order valence-corrected chi connectivity index (χ1v) is 5.93. The van der Waals surface area contributed by atoms with Crippen molar-refractivity contribution in [1.29, 1.82) is 0 Å². The third-order valence-corrected chi connectivity index (χ3v) is 3.12. The minimum atomic E-state index is 0.914. The Hall–Kier alpha value is -2.46. The topological polar surface area (TPSA) is 15.8 Å². The van der Waals surface area contributed by atoms with Crippen LogP contribution in [0.15, 0.2) is 48.5 Å². The molecule has 1 aromatic heterocycles. The van der Waals surface area contributed by atoms with Gasteiger partial charge in [-0.05, 0) is 42.8 Å². The molecule has 3 aromatic rings. The van der Waals surface area contributed by atoms with E-state index in [1.807, 2.05) is 18.2 Å². The van der Waals surface area contributed by atoms with E-state index >= 15 is 0 Å². The number of nitrogens with one attached hydrogen (secondary N) is 1. The van der Waals surface area contributed by atoms with Crippen molar-refractivity contribution in [2.75, 3.05) is 0 Å². The summed E-state index contributed by atoms with van der Waals surface area (Å²) >= 11 is 0. The van der Waals surface area contributed by atoms with Crippen molar-refractivity contribution in [3.63, 3.8) is 0 Å². The highest BCUT2D eigenvalue weighted by atomic mass is 14.7. The Bertz CT molecular complexity index is 757. The van der Waals surface area contributed by atoms with Gasteiger partial charge in [0.2, 0.25) is 0 Å². The fraction of sp³-hybridized carbons (Fsp3) is 0.0588. The molecule has 1 heteroatoms. The third kappa shape index (κ3) is 1.78. The molecule has 0 bridgehead atoms. The van der Waals surface area contributed by atoms with Gasteiger partial charge in [0, 0.05) is 22.2 Å². The van der Waals surface area contributed by atoms with Crippen LogP contribution in [0.2, 0.25) is 0 Å². The molecule has 18 heavy (non-hydrogen) atoms. The SMILES string of the molecule is C#Cc1ccc2[nH]c(-c3cccc(C)c3)cc2c1. The molecule has 0 saturated heterocycles. The predicted molar refractivity (Wildman–Crippen MR) is 76.4 cm³/mol. The molecular formula is C17H13N.